The molecule has 1 aliphatic rings. The maximum absolute atomic E-state index is 12.2. The van der Waals surface area contributed by atoms with Crippen LogP contribution in [0.5, 0.6) is 0 Å². The van der Waals surface area contributed by atoms with E-state index in [1.807, 2.05) is 7.05 Å². The van der Waals surface area contributed by atoms with E-state index in [0.29, 0.717) is 13.0 Å². The number of thiophene rings is 1. The van der Waals surface area contributed by atoms with Crippen LogP contribution in [-0.2, 0) is 17.8 Å². The minimum Gasteiger partial charge on any atom is -0.351 e. The normalized spacial score (nSPS) is 17.9. The molecule has 20 heavy (non-hydrogen) atoms. The number of hydrogen-bond donors (Lipinski definition) is 2. The molecule has 0 aromatic carbocycles. The number of nitrogens with one attached hydrogen (secondary N) is 2. The Balaban J connectivity index is 1.82. The van der Waals surface area contributed by atoms with E-state index < -0.39 is 0 Å². The number of rotatable bonds is 6. The van der Waals surface area contributed by atoms with Crippen LogP contribution in [0.15, 0.2) is 12.1 Å². The highest BCUT2D eigenvalue weighted by atomic mass is 32.1. The summed E-state index contributed by atoms with van der Waals surface area (Å²) >= 11 is 1.80. The third-order valence-electron chi connectivity index (χ3n) is 4.37. The van der Waals surface area contributed by atoms with Crippen molar-refractivity contribution in [2.24, 2.45) is 0 Å². The van der Waals surface area contributed by atoms with Gasteiger partial charge in [-0.15, -0.1) is 11.3 Å². The zero-order chi connectivity index (χ0) is 14.4. The Morgan fingerprint density at radius 3 is 2.55 bits per heavy atom. The molecule has 1 fully saturated rings. The van der Waals surface area contributed by atoms with Gasteiger partial charge in [-0.25, -0.2) is 0 Å². The predicted octanol–water partition coefficient (Wildman–Crippen LogP) is 3.24. The summed E-state index contributed by atoms with van der Waals surface area (Å²) in [4.78, 5) is 14.8. The number of carbonyl (C=O) groups is 1. The van der Waals surface area contributed by atoms with Crippen molar-refractivity contribution in [3.63, 3.8) is 0 Å². The van der Waals surface area contributed by atoms with Crippen LogP contribution in [-0.4, -0.2) is 18.5 Å². The second-order valence-corrected chi connectivity index (χ2v) is 7.02. The minimum atomic E-state index is 0.0341. The number of carbonyl (C=O) groups excluding carboxylic acids is 1. The molecule has 3 nitrogen and oxygen atoms in total. The van der Waals surface area contributed by atoms with Crippen molar-refractivity contribution < 1.29 is 4.79 Å². The first-order valence-corrected chi connectivity index (χ1v) is 8.52. The van der Waals surface area contributed by atoms with Crippen LogP contribution in [0, 0.1) is 0 Å². The molecule has 0 bridgehead atoms. The second-order valence-electron chi connectivity index (χ2n) is 5.77. The summed E-state index contributed by atoms with van der Waals surface area (Å²) in [5.74, 6) is 0.174. The lowest BCUT2D eigenvalue weighted by molar-refractivity contribution is -0.123. The fraction of sp³-hybridized carbons (Fsp3) is 0.688. The van der Waals surface area contributed by atoms with Crippen LogP contribution in [0.3, 0.4) is 0 Å². The van der Waals surface area contributed by atoms with Crippen molar-refractivity contribution in [2.75, 3.05) is 7.05 Å². The number of hydrogen-bond acceptors (Lipinski definition) is 3. The van der Waals surface area contributed by atoms with Gasteiger partial charge in [-0.2, -0.15) is 0 Å². The number of aryl methyl sites for hydroxylation is 1. The second kappa shape index (κ2) is 7.23. The smallest absolute Gasteiger partial charge is 0.222 e. The van der Waals surface area contributed by atoms with E-state index in [1.54, 1.807) is 11.3 Å². The maximum atomic E-state index is 12.2. The highest BCUT2D eigenvalue weighted by Crippen LogP contribution is 2.30. The van der Waals surface area contributed by atoms with Crippen molar-refractivity contribution in [1.29, 1.82) is 0 Å². The molecule has 0 aliphatic heterocycles. The highest BCUT2D eigenvalue weighted by Gasteiger charge is 2.32. The Morgan fingerprint density at radius 2 is 1.95 bits per heavy atom. The van der Waals surface area contributed by atoms with Crippen LogP contribution < -0.4 is 10.6 Å². The Kier molecular flexibility index (Phi) is 5.61. The van der Waals surface area contributed by atoms with Gasteiger partial charge in [0.05, 0.1) is 6.54 Å². The van der Waals surface area contributed by atoms with Crippen molar-refractivity contribution in [2.45, 2.75) is 64.0 Å². The van der Waals surface area contributed by atoms with Gasteiger partial charge >= 0.3 is 0 Å². The molecule has 2 rings (SSSR count). The van der Waals surface area contributed by atoms with Gasteiger partial charge in [0.15, 0.2) is 0 Å². The predicted molar refractivity (Wildman–Crippen MR) is 85.0 cm³/mol. The van der Waals surface area contributed by atoms with E-state index in [1.165, 1.54) is 29.0 Å². The third kappa shape index (κ3) is 4.06. The van der Waals surface area contributed by atoms with Gasteiger partial charge in [-0.1, -0.05) is 26.2 Å². The van der Waals surface area contributed by atoms with Gasteiger partial charge in [0.25, 0.3) is 0 Å². The summed E-state index contributed by atoms with van der Waals surface area (Å²) in [6, 6.07) is 4.28. The summed E-state index contributed by atoms with van der Waals surface area (Å²) in [6.07, 6.45) is 7.70. The summed E-state index contributed by atoms with van der Waals surface area (Å²) in [6.45, 7) is 2.83. The van der Waals surface area contributed by atoms with E-state index in [4.69, 9.17) is 0 Å². The first-order valence-electron chi connectivity index (χ1n) is 7.71. The van der Waals surface area contributed by atoms with Crippen LogP contribution in [0.25, 0.3) is 0 Å². The lowest BCUT2D eigenvalue weighted by Crippen LogP contribution is -2.48. The average Bonchev–Trinajstić information content (AvgIpc) is 2.94. The summed E-state index contributed by atoms with van der Waals surface area (Å²) in [5, 5.41) is 6.48. The first kappa shape index (κ1) is 15.5. The average molecular weight is 294 g/mol. The Labute approximate surface area is 126 Å². The minimum absolute atomic E-state index is 0.0341. The maximum Gasteiger partial charge on any atom is 0.222 e. The number of amides is 1. The van der Waals surface area contributed by atoms with Crippen LogP contribution in [0.4, 0.5) is 0 Å². The molecular formula is C16H26N2OS. The summed E-state index contributed by atoms with van der Waals surface area (Å²) < 4.78 is 0. The van der Waals surface area contributed by atoms with E-state index >= 15 is 0 Å². The summed E-state index contributed by atoms with van der Waals surface area (Å²) in [5.41, 5.74) is 0.0341. The monoisotopic (exact) mass is 294 g/mol. The molecule has 1 aromatic rings. The Morgan fingerprint density at radius 1 is 1.25 bits per heavy atom. The van der Waals surface area contributed by atoms with Gasteiger partial charge in [0.1, 0.15) is 0 Å². The van der Waals surface area contributed by atoms with Crippen molar-refractivity contribution >= 4 is 17.2 Å². The molecule has 2 N–H and O–H groups in total. The molecule has 1 aromatic heterocycles. The molecular weight excluding hydrogens is 268 g/mol. The zero-order valence-corrected chi connectivity index (χ0v) is 13.4. The molecule has 0 radical (unpaired) electrons. The topological polar surface area (TPSA) is 41.1 Å². The van der Waals surface area contributed by atoms with Crippen molar-refractivity contribution in [1.82, 2.24) is 10.6 Å². The van der Waals surface area contributed by atoms with Gasteiger partial charge < -0.3 is 10.6 Å². The fourth-order valence-electron chi connectivity index (χ4n) is 3.01. The van der Waals surface area contributed by atoms with Crippen LogP contribution in [0.1, 0.15) is 55.2 Å². The highest BCUT2D eigenvalue weighted by molar-refractivity contribution is 7.11. The van der Waals surface area contributed by atoms with E-state index in [0.717, 1.165) is 19.3 Å². The first-order chi connectivity index (χ1) is 9.67. The Hall–Kier alpha value is -0.870. The molecule has 0 saturated heterocycles. The Bertz CT molecular complexity index is 435. The SMILES string of the molecule is CCc1ccc(CNC(=O)CC2(NC)CCCCC2)s1. The van der Waals surface area contributed by atoms with Gasteiger partial charge in [-0.3, -0.25) is 4.79 Å². The van der Waals surface area contributed by atoms with E-state index in [2.05, 4.69) is 29.7 Å². The van der Waals surface area contributed by atoms with Crippen molar-refractivity contribution in [3.8, 4) is 0 Å². The lowest BCUT2D eigenvalue weighted by Gasteiger charge is -2.36. The van der Waals surface area contributed by atoms with E-state index in [9.17, 15) is 4.79 Å². The molecule has 4 heteroatoms. The van der Waals surface area contributed by atoms with Gasteiger partial charge in [-0.05, 0) is 38.4 Å². The molecule has 1 saturated carbocycles. The van der Waals surface area contributed by atoms with Crippen LogP contribution in [0.2, 0.25) is 0 Å². The quantitative estimate of drug-likeness (QED) is 0.845. The molecule has 0 atom stereocenters. The van der Waals surface area contributed by atoms with Gasteiger partial charge in [0.2, 0.25) is 5.91 Å². The molecule has 112 valence electrons. The van der Waals surface area contributed by atoms with Gasteiger partial charge in [0, 0.05) is 21.7 Å². The van der Waals surface area contributed by atoms with Crippen LogP contribution >= 0.6 is 11.3 Å². The molecule has 0 unspecified atom stereocenters. The lowest BCUT2D eigenvalue weighted by atomic mass is 9.79. The third-order valence-corrected chi connectivity index (χ3v) is 5.60. The zero-order valence-electron chi connectivity index (χ0n) is 12.6. The molecule has 1 amide bonds. The largest absolute Gasteiger partial charge is 0.351 e. The fourth-order valence-corrected chi connectivity index (χ4v) is 3.90. The summed E-state index contributed by atoms with van der Waals surface area (Å²) in [7, 11) is 1.99. The van der Waals surface area contributed by atoms with E-state index in [-0.39, 0.29) is 11.4 Å². The molecule has 0 spiro atoms. The van der Waals surface area contributed by atoms with Crippen molar-refractivity contribution in [3.05, 3.63) is 21.9 Å². The molecule has 1 aliphatic carbocycles. The molecule has 1 heterocycles. The standard InChI is InChI=1S/C16H26N2OS/c1-3-13-7-8-14(20-13)12-18-15(19)11-16(17-2)9-5-4-6-10-16/h7-8,17H,3-6,9-12H2,1-2H3,(H,18,19).